The molecule has 0 unspecified atom stereocenters. The fraction of sp³-hybridized carbons (Fsp3) is 0.0714. The molecule has 3 aromatic rings. The van der Waals surface area contributed by atoms with Crippen LogP contribution in [0.4, 0.5) is 10.1 Å². The van der Waals surface area contributed by atoms with Gasteiger partial charge in [0.25, 0.3) is 0 Å². The maximum atomic E-state index is 13.5. The molecule has 2 heterocycles. The summed E-state index contributed by atoms with van der Waals surface area (Å²) in [6.07, 6.45) is 1.79. The maximum Gasteiger partial charge on any atom is 0.149 e. The first-order valence-corrected chi connectivity index (χ1v) is 6.66. The highest BCUT2D eigenvalue weighted by atomic mass is 79.9. The third-order valence-electron chi connectivity index (χ3n) is 3.03. The molecule has 0 aliphatic rings. The number of aromatic nitrogens is 2. The molecule has 2 aromatic heterocycles. The van der Waals surface area contributed by atoms with Gasteiger partial charge in [0.2, 0.25) is 0 Å². The minimum absolute atomic E-state index is 0.343. The molecule has 0 saturated carbocycles. The summed E-state index contributed by atoms with van der Waals surface area (Å²) >= 11 is 3.39. The van der Waals surface area contributed by atoms with Gasteiger partial charge in [-0.25, -0.2) is 9.37 Å². The number of pyridine rings is 1. The van der Waals surface area contributed by atoms with Gasteiger partial charge in [0, 0.05) is 11.9 Å². The Morgan fingerprint density at radius 1 is 1.30 bits per heavy atom. The first kappa shape index (κ1) is 12.9. The Kier molecular flexibility index (Phi) is 3.10. The van der Waals surface area contributed by atoms with E-state index < -0.39 is 0 Å². The van der Waals surface area contributed by atoms with Crippen LogP contribution in [0.3, 0.4) is 0 Å². The number of halogens is 2. The van der Waals surface area contributed by atoms with Gasteiger partial charge in [0.1, 0.15) is 22.0 Å². The van der Waals surface area contributed by atoms with E-state index in [0.29, 0.717) is 27.4 Å². The van der Waals surface area contributed by atoms with E-state index in [-0.39, 0.29) is 5.82 Å². The van der Waals surface area contributed by atoms with Gasteiger partial charge in [-0.1, -0.05) is 0 Å². The second kappa shape index (κ2) is 4.79. The molecule has 0 spiro atoms. The molecular weight excluding hydrogens is 325 g/mol. The molecule has 0 saturated heterocycles. The van der Waals surface area contributed by atoms with Crippen LogP contribution in [0, 0.1) is 5.82 Å². The second-order valence-corrected chi connectivity index (χ2v) is 5.04. The number of nitrogens with two attached hydrogens (primary N) is 1. The molecular formula is C14H11BrFN3O. The van der Waals surface area contributed by atoms with Gasteiger partial charge in [-0.15, -0.1) is 0 Å². The average Bonchev–Trinajstić information content (AvgIpc) is 2.75. The molecule has 20 heavy (non-hydrogen) atoms. The highest BCUT2D eigenvalue weighted by molar-refractivity contribution is 9.10. The molecule has 0 atom stereocenters. The highest BCUT2D eigenvalue weighted by Crippen LogP contribution is 2.33. The fourth-order valence-corrected chi connectivity index (χ4v) is 2.58. The predicted octanol–water partition coefficient (Wildman–Crippen LogP) is 3.49. The van der Waals surface area contributed by atoms with Crippen LogP contribution in [0.25, 0.3) is 16.9 Å². The summed E-state index contributed by atoms with van der Waals surface area (Å²) in [4.78, 5) is 4.43. The zero-order valence-electron chi connectivity index (χ0n) is 10.6. The van der Waals surface area contributed by atoms with E-state index in [2.05, 4.69) is 20.9 Å². The minimum Gasteiger partial charge on any atom is -0.496 e. The van der Waals surface area contributed by atoms with Crippen molar-refractivity contribution in [1.82, 2.24) is 9.38 Å². The summed E-state index contributed by atoms with van der Waals surface area (Å²) in [5.41, 5.74) is 7.80. The van der Waals surface area contributed by atoms with Crippen molar-refractivity contribution in [3.05, 3.63) is 46.9 Å². The number of ether oxygens (including phenoxy) is 1. The lowest BCUT2D eigenvalue weighted by atomic mass is 10.2. The van der Waals surface area contributed by atoms with E-state index >= 15 is 0 Å². The number of nitrogens with zero attached hydrogens (tertiary/aromatic N) is 2. The van der Waals surface area contributed by atoms with E-state index in [1.807, 2.05) is 4.40 Å². The van der Waals surface area contributed by atoms with Crippen LogP contribution in [-0.4, -0.2) is 16.5 Å². The predicted molar refractivity (Wildman–Crippen MR) is 79.3 cm³/mol. The lowest BCUT2D eigenvalue weighted by Crippen LogP contribution is -1.95. The van der Waals surface area contributed by atoms with Crippen molar-refractivity contribution in [3.8, 4) is 17.1 Å². The molecule has 2 N–H and O–H groups in total. The Labute approximate surface area is 123 Å². The van der Waals surface area contributed by atoms with E-state index in [4.69, 9.17) is 10.5 Å². The first-order valence-electron chi connectivity index (χ1n) is 5.87. The van der Waals surface area contributed by atoms with Gasteiger partial charge >= 0.3 is 0 Å². The van der Waals surface area contributed by atoms with Gasteiger partial charge in [-0.2, -0.15) is 0 Å². The van der Waals surface area contributed by atoms with Crippen LogP contribution >= 0.6 is 15.9 Å². The van der Waals surface area contributed by atoms with Gasteiger partial charge in [0.05, 0.1) is 18.2 Å². The third kappa shape index (κ3) is 2.02. The maximum absolute atomic E-state index is 13.5. The molecule has 0 fully saturated rings. The second-order valence-electron chi connectivity index (χ2n) is 4.29. The highest BCUT2D eigenvalue weighted by Gasteiger charge is 2.15. The van der Waals surface area contributed by atoms with Crippen molar-refractivity contribution in [2.75, 3.05) is 12.8 Å². The van der Waals surface area contributed by atoms with E-state index in [1.54, 1.807) is 31.5 Å². The van der Waals surface area contributed by atoms with Gasteiger partial charge < -0.3 is 10.5 Å². The number of anilines is 1. The van der Waals surface area contributed by atoms with Crippen molar-refractivity contribution in [3.63, 3.8) is 0 Å². The molecule has 3 rings (SSSR count). The zero-order chi connectivity index (χ0) is 14.3. The average molecular weight is 336 g/mol. The van der Waals surface area contributed by atoms with E-state index in [0.717, 1.165) is 5.52 Å². The Hall–Kier alpha value is -2.08. The van der Waals surface area contributed by atoms with Crippen molar-refractivity contribution in [2.45, 2.75) is 0 Å². The Morgan fingerprint density at radius 2 is 2.10 bits per heavy atom. The lowest BCUT2D eigenvalue weighted by Gasteiger charge is -2.08. The van der Waals surface area contributed by atoms with Crippen LogP contribution in [0.1, 0.15) is 0 Å². The first-order chi connectivity index (χ1) is 9.60. The third-order valence-corrected chi connectivity index (χ3v) is 3.61. The fourth-order valence-electron chi connectivity index (χ4n) is 2.11. The number of benzene rings is 1. The molecule has 6 heteroatoms. The summed E-state index contributed by atoms with van der Waals surface area (Å²) < 4.78 is 21.3. The number of imidazole rings is 1. The largest absolute Gasteiger partial charge is 0.496 e. The molecule has 1 aromatic carbocycles. The summed E-state index contributed by atoms with van der Waals surface area (Å²) in [5.74, 6) is 0.801. The standard InChI is InChI=1S/C14H11BrFN3O/c1-20-12-3-2-8(16)6-10(12)14-18-13(15)11-7-9(17)4-5-19(11)14/h2-7H,17H2,1H3. The van der Waals surface area contributed by atoms with Crippen molar-refractivity contribution in [2.24, 2.45) is 0 Å². The Bertz CT molecular complexity index is 800. The SMILES string of the molecule is COc1ccc(F)cc1-c1nc(Br)c2cc(N)ccn12. The normalized spacial score (nSPS) is 10.9. The number of nitrogen functional groups attached to an aromatic ring is 1. The Morgan fingerprint density at radius 3 is 2.85 bits per heavy atom. The molecule has 0 aliphatic heterocycles. The molecule has 0 bridgehead atoms. The summed E-state index contributed by atoms with van der Waals surface area (Å²) in [6, 6.07) is 7.89. The topological polar surface area (TPSA) is 52.5 Å². The lowest BCUT2D eigenvalue weighted by molar-refractivity contribution is 0.415. The monoisotopic (exact) mass is 335 g/mol. The summed E-state index contributed by atoms with van der Waals surface area (Å²) in [6.45, 7) is 0. The zero-order valence-corrected chi connectivity index (χ0v) is 12.2. The van der Waals surface area contributed by atoms with Crippen LogP contribution in [0.15, 0.2) is 41.1 Å². The smallest absolute Gasteiger partial charge is 0.149 e. The number of methoxy groups -OCH3 is 1. The van der Waals surface area contributed by atoms with Crippen LogP contribution < -0.4 is 10.5 Å². The van der Waals surface area contributed by atoms with Crippen LogP contribution in [-0.2, 0) is 0 Å². The molecule has 4 nitrogen and oxygen atoms in total. The van der Waals surface area contributed by atoms with Crippen LogP contribution in [0.2, 0.25) is 0 Å². The minimum atomic E-state index is -0.343. The van der Waals surface area contributed by atoms with Crippen LogP contribution in [0.5, 0.6) is 5.75 Å². The van der Waals surface area contributed by atoms with Crippen molar-refractivity contribution < 1.29 is 9.13 Å². The Balaban J connectivity index is 2.33. The summed E-state index contributed by atoms with van der Waals surface area (Å²) in [7, 11) is 1.54. The van der Waals surface area contributed by atoms with Crippen molar-refractivity contribution >= 4 is 27.1 Å². The molecule has 0 aliphatic carbocycles. The van der Waals surface area contributed by atoms with Gasteiger partial charge in [-0.3, -0.25) is 4.40 Å². The van der Waals surface area contributed by atoms with Crippen molar-refractivity contribution in [1.29, 1.82) is 0 Å². The molecule has 0 radical (unpaired) electrons. The van der Waals surface area contributed by atoms with Gasteiger partial charge in [0.15, 0.2) is 0 Å². The molecule has 102 valence electrons. The van der Waals surface area contributed by atoms with E-state index in [9.17, 15) is 4.39 Å². The summed E-state index contributed by atoms with van der Waals surface area (Å²) in [5, 5.41) is 0. The number of fused-ring (bicyclic) bond motifs is 1. The number of rotatable bonds is 2. The number of hydrogen-bond donors (Lipinski definition) is 1. The molecule has 0 amide bonds. The van der Waals surface area contributed by atoms with Gasteiger partial charge in [-0.05, 0) is 46.3 Å². The van der Waals surface area contributed by atoms with E-state index in [1.165, 1.54) is 12.1 Å². The quantitative estimate of drug-likeness (QED) is 0.779. The number of hydrogen-bond acceptors (Lipinski definition) is 3.